The van der Waals surface area contributed by atoms with E-state index < -0.39 is 0 Å². The number of nitrogens with one attached hydrogen (secondary N) is 1. The predicted octanol–water partition coefficient (Wildman–Crippen LogP) is 2.63. The Morgan fingerprint density at radius 1 is 1.32 bits per heavy atom. The van der Waals surface area contributed by atoms with Crippen molar-refractivity contribution in [3.63, 3.8) is 0 Å². The lowest BCUT2D eigenvalue weighted by Gasteiger charge is -2.35. The molecule has 1 saturated heterocycles. The second-order valence-corrected chi connectivity index (χ2v) is 7.58. The minimum absolute atomic E-state index is 0.0529. The van der Waals surface area contributed by atoms with Gasteiger partial charge in [0.2, 0.25) is 5.91 Å². The molecule has 1 amide bonds. The van der Waals surface area contributed by atoms with E-state index in [1.165, 1.54) is 23.3 Å². The molecule has 2 heterocycles. The lowest BCUT2D eigenvalue weighted by atomic mass is 10.0. The van der Waals surface area contributed by atoms with Crippen LogP contribution < -0.4 is 11.1 Å². The van der Waals surface area contributed by atoms with Crippen LogP contribution in [0.25, 0.3) is 10.6 Å². The van der Waals surface area contributed by atoms with Crippen LogP contribution in [0.2, 0.25) is 0 Å². The Morgan fingerprint density at radius 2 is 2.16 bits per heavy atom. The summed E-state index contributed by atoms with van der Waals surface area (Å²) in [6.07, 6.45) is 5.98. The molecule has 1 aromatic carbocycles. The number of thiazole rings is 1. The summed E-state index contributed by atoms with van der Waals surface area (Å²) in [7, 11) is 0. The van der Waals surface area contributed by atoms with Gasteiger partial charge in [0, 0.05) is 48.7 Å². The van der Waals surface area contributed by atoms with Crippen molar-refractivity contribution in [3.05, 3.63) is 41.4 Å². The Morgan fingerprint density at radius 3 is 2.96 bits per heavy atom. The highest BCUT2D eigenvalue weighted by atomic mass is 32.1. The Labute approximate surface area is 153 Å². The van der Waals surface area contributed by atoms with Crippen LogP contribution >= 0.6 is 11.3 Å². The maximum atomic E-state index is 11.7. The van der Waals surface area contributed by atoms with Crippen molar-refractivity contribution >= 4 is 17.2 Å². The van der Waals surface area contributed by atoms with E-state index in [-0.39, 0.29) is 5.91 Å². The van der Waals surface area contributed by atoms with Crippen molar-refractivity contribution in [2.24, 2.45) is 5.73 Å². The summed E-state index contributed by atoms with van der Waals surface area (Å²) in [5, 5.41) is 4.10. The number of amides is 1. The molecule has 25 heavy (non-hydrogen) atoms. The summed E-state index contributed by atoms with van der Waals surface area (Å²) in [5.74, 6) is 0.0529. The summed E-state index contributed by atoms with van der Waals surface area (Å²) in [6.45, 7) is 3.10. The van der Waals surface area contributed by atoms with E-state index in [1.54, 1.807) is 11.3 Å². The molecule has 1 aromatic heterocycles. The van der Waals surface area contributed by atoms with E-state index in [2.05, 4.69) is 27.3 Å². The molecule has 0 bridgehead atoms. The molecule has 1 unspecified atom stereocenters. The minimum atomic E-state index is 0.0529. The van der Waals surface area contributed by atoms with Crippen molar-refractivity contribution < 1.29 is 4.79 Å². The summed E-state index contributed by atoms with van der Waals surface area (Å²) in [5.41, 5.74) is 6.61. The first-order chi connectivity index (χ1) is 12.3. The number of carbonyl (C=O) groups is 1. The van der Waals surface area contributed by atoms with Gasteiger partial charge in [-0.05, 0) is 19.4 Å². The number of aromatic nitrogens is 1. The molecular weight excluding hydrogens is 332 g/mol. The predicted molar refractivity (Wildman–Crippen MR) is 102 cm³/mol. The van der Waals surface area contributed by atoms with E-state index in [0.29, 0.717) is 25.6 Å². The zero-order valence-corrected chi connectivity index (χ0v) is 15.3. The van der Waals surface area contributed by atoms with Crippen LogP contribution in [-0.4, -0.2) is 41.5 Å². The molecule has 5 nitrogen and oxygen atoms in total. The number of rotatable bonds is 7. The molecule has 1 atom stereocenters. The lowest BCUT2D eigenvalue weighted by molar-refractivity contribution is -0.121. The zero-order valence-electron chi connectivity index (χ0n) is 14.5. The van der Waals surface area contributed by atoms with E-state index in [1.807, 2.05) is 24.4 Å². The quantitative estimate of drug-likeness (QED) is 0.798. The number of likely N-dealkylation sites (tertiary alicyclic amines) is 1. The Balaban J connectivity index is 1.60. The van der Waals surface area contributed by atoms with Gasteiger partial charge in [0.25, 0.3) is 0 Å². The number of nitrogens with two attached hydrogens (primary N) is 1. The van der Waals surface area contributed by atoms with Gasteiger partial charge < -0.3 is 11.1 Å². The molecule has 1 aliphatic heterocycles. The highest BCUT2D eigenvalue weighted by molar-refractivity contribution is 7.15. The van der Waals surface area contributed by atoms with Crippen molar-refractivity contribution in [2.45, 2.75) is 38.3 Å². The topological polar surface area (TPSA) is 71.2 Å². The van der Waals surface area contributed by atoms with Crippen LogP contribution in [0.3, 0.4) is 0 Å². The van der Waals surface area contributed by atoms with E-state index in [9.17, 15) is 4.79 Å². The van der Waals surface area contributed by atoms with Crippen molar-refractivity contribution in [1.82, 2.24) is 15.2 Å². The van der Waals surface area contributed by atoms with Gasteiger partial charge in [-0.3, -0.25) is 9.69 Å². The zero-order chi connectivity index (χ0) is 17.5. The fraction of sp³-hybridized carbons (Fsp3) is 0.474. The van der Waals surface area contributed by atoms with Gasteiger partial charge >= 0.3 is 0 Å². The third-order valence-electron chi connectivity index (χ3n) is 4.59. The Bertz CT molecular complexity index is 673. The maximum absolute atomic E-state index is 11.7. The summed E-state index contributed by atoms with van der Waals surface area (Å²) in [4.78, 5) is 20.0. The minimum Gasteiger partial charge on any atom is -0.354 e. The molecule has 3 rings (SSSR count). The highest BCUT2D eigenvalue weighted by Gasteiger charge is 2.23. The molecule has 0 radical (unpaired) electrons. The van der Waals surface area contributed by atoms with Gasteiger partial charge in [-0.25, -0.2) is 4.98 Å². The first-order valence-corrected chi connectivity index (χ1v) is 9.79. The Hall–Kier alpha value is -1.76. The molecule has 2 aromatic rings. The van der Waals surface area contributed by atoms with Crippen LogP contribution in [0.1, 0.15) is 30.6 Å². The van der Waals surface area contributed by atoms with E-state index >= 15 is 0 Å². The fourth-order valence-corrected chi connectivity index (χ4v) is 4.19. The first-order valence-electron chi connectivity index (χ1n) is 8.97. The number of carbonyl (C=O) groups excluding carboxylic acids is 1. The second-order valence-electron chi connectivity index (χ2n) is 6.46. The van der Waals surface area contributed by atoms with Crippen molar-refractivity contribution in [2.75, 3.05) is 19.6 Å². The average molecular weight is 359 g/mol. The largest absolute Gasteiger partial charge is 0.354 e. The first kappa shape index (κ1) is 18.0. The van der Waals surface area contributed by atoms with Crippen LogP contribution in [0, 0.1) is 0 Å². The lowest BCUT2D eigenvalue weighted by Crippen LogP contribution is -2.46. The number of benzene rings is 1. The maximum Gasteiger partial charge on any atom is 0.221 e. The number of nitrogens with zero attached hydrogens (tertiary/aromatic N) is 2. The summed E-state index contributed by atoms with van der Waals surface area (Å²) < 4.78 is 0. The third kappa shape index (κ3) is 5.11. The number of hydrogen-bond acceptors (Lipinski definition) is 5. The van der Waals surface area contributed by atoms with E-state index in [4.69, 9.17) is 5.73 Å². The highest BCUT2D eigenvalue weighted by Crippen LogP contribution is 2.27. The van der Waals surface area contributed by atoms with Gasteiger partial charge in [0.05, 0.1) is 0 Å². The SMILES string of the molecule is NCCC(=O)NCC1CCCCN1Cc1cnc(-c2ccccc2)s1. The molecule has 134 valence electrons. The van der Waals surface area contributed by atoms with E-state index in [0.717, 1.165) is 24.5 Å². The van der Waals surface area contributed by atoms with Gasteiger partial charge in [-0.2, -0.15) is 0 Å². The molecule has 0 spiro atoms. The standard InChI is InChI=1S/C19H26N4OS/c20-10-9-18(24)21-12-16-8-4-5-11-23(16)14-17-13-22-19(25-17)15-6-2-1-3-7-15/h1-3,6-7,13,16H,4-5,8-12,14,20H2,(H,21,24). The molecule has 0 aliphatic carbocycles. The monoisotopic (exact) mass is 358 g/mol. The van der Waals surface area contributed by atoms with Crippen LogP contribution in [0.15, 0.2) is 36.5 Å². The van der Waals surface area contributed by atoms with Crippen LogP contribution in [0.4, 0.5) is 0 Å². The number of piperidine rings is 1. The van der Waals surface area contributed by atoms with Gasteiger partial charge in [0.1, 0.15) is 5.01 Å². The van der Waals surface area contributed by atoms with Crippen LogP contribution in [-0.2, 0) is 11.3 Å². The van der Waals surface area contributed by atoms with Crippen molar-refractivity contribution in [3.8, 4) is 10.6 Å². The van der Waals surface area contributed by atoms with Gasteiger partial charge in [-0.15, -0.1) is 11.3 Å². The molecule has 1 fully saturated rings. The van der Waals surface area contributed by atoms with Crippen molar-refractivity contribution in [1.29, 1.82) is 0 Å². The third-order valence-corrected chi connectivity index (χ3v) is 5.62. The second kappa shape index (κ2) is 9.08. The Kier molecular flexibility index (Phi) is 6.55. The summed E-state index contributed by atoms with van der Waals surface area (Å²) >= 11 is 1.76. The van der Waals surface area contributed by atoms with Gasteiger partial charge in [-0.1, -0.05) is 36.8 Å². The molecular formula is C19H26N4OS. The fourth-order valence-electron chi connectivity index (χ4n) is 3.25. The molecule has 6 heteroatoms. The smallest absolute Gasteiger partial charge is 0.221 e. The molecule has 3 N–H and O–H groups in total. The van der Waals surface area contributed by atoms with Crippen LogP contribution in [0.5, 0.6) is 0 Å². The number of hydrogen-bond donors (Lipinski definition) is 2. The van der Waals surface area contributed by atoms with Gasteiger partial charge in [0.15, 0.2) is 0 Å². The average Bonchev–Trinajstić information content (AvgIpc) is 3.11. The normalized spacial score (nSPS) is 18.2. The molecule has 1 aliphatic rings. The summed E-state index contributed by atoms with van der Waals surface area (Å²) in [6, 6.07) is 10.7. The molecule has 0 saturated carbocycles.